The molecule has 0 spiro atoms. The van der Waals surface area contributed by atoms with E-state index < -0.39 is 5.91 Å². The molecule has 0 atom stereocenters. The molecular weight excluding hydrogens is 492 g/mol. The van der Waals surface area contributed by atoms with E-state index in [1.807, 2.05) is 35.7 Å². The van der Waals surface area contributed by atoms with Gasteiger partial charge in [0.25, 0.3) is 11.8 Å². The van der Waals surface area contributed by atoms with E-state index in [4.69, 9.17) is 11.6 Å². The average Bonchev–Trinajstić information content (AvgIpc) is 3.41. The van der Waals surface area contributed by atoms with Crippen molar-refractivity contribution in [3.63, 3.8) is 0 Å². The standard InChI is InChI=1S/C29H21ClN2O3S/c30-23-9-4-6-20(18-23)11-16-27(33)21-12-14-24(15-13-21)31-29(35)26(19-25-10-5-17-36-25)32-28(34)22-7-2-1-3-8-22/h1-19H,(H,31,35)(H,32,34)/b16-11+,26-19-. The van der Waals surface area contributed by atoms with Crippen LogP contribution in [0.3, 0.4) is 0 Å². The van der Waals surface area contributed by atoms with Crippen molar-refractivity contribution in [3.8, 4) is 0 Å². The first-order chi connectivity index (χ1) is 17.5. The van der Waals surface area contributed by atoms with Gasteiger partial charge in [-0.2, -0.15) is 0 Å². The molecule has 0 aliphatic rings. The van der Waals surface area contributed by atoms with Gasteiger partial charge in [0.15, 0.2) is 5.78 Å². The van der Waals surface area contributed by atoms with Crippen LogP contribution in [0.1, 0.15) is 31.2 Å². The predicted octanol–water partition coefficient (Wildman–Crippen LogP) is 6.71. The number of allylic oxidation sites excluding steroid dienone is 1. The number of amides is 2. The number of hydrogen-bond acceptors (Lipinski definition) is 4. The molecule has 36 heavy (non-hydrogen) atoms. The number of hydrogen-bond donors (Lipinski definition) is 2. The maximum Gasteiger partial charge on any atom is 0.272 e. The molecule has 0 unspecified atom stereocenters. The predicted molar refractivity (Wildman–Crippen MR) is 146 cm³/mol. The van der Waals surface area contributed by atoms with Gasteiger partial charge in [0.1, 0.15) is 5.70 Å². The normalized spacial score (nSPS) is 11.3. The van der Waals surface area contributed by atoms with Crippen molar-refractivity contribution in [2.45, 2.75) is 0 Å². The molecule has 2 N–H and O–H groups in total. The van der Waals surface area contributed by atoms with Crippen molar-refractivity contribution >= 4 is 58.4 Å². The highest BCUT2D eigenvalue weighted by molar-refractivity contribution is 7.10. The van der Waals surface area contributed by atoms with Gasteiger partial charge in [-0.15, -0.1) is 11.3 Å². The molecule has 4 rings (SSSR count). The maximum atomic E-state index is 13.0. The van der Waals surface area contributed by atoms with E-state index in [1.165, 1.54) is 17.4 Å². The van der Waals surface area contributed by atoms with Gasteiger partial charge in [-0.1, -0.05) is 54.1 Å². The highest BCUT2D eigenvalue weighted by Gasteiger charge is 2.15. The van der Waals surface area contributed by atoms with Crippen LogP contribution in [0.4, 0.5) is 5.69 Å². The van der Waals surface area contributed by atoms with Gasteiger partial charge in [0.05, 0.1) is 0 Å². The summed E-state index contributed by atoms with van der Waals surface area (Å²) in [4.78, 5) is 39.0. The summed E-state index contributed by atoms with van der Waals surface area (Å²) in [6.45, 7) is 0. The number of nitrogens with one attached hydrogen (secondary N) is 2. The summed E-state index contributed by atoms with van der Waals surface area (Å²) in [5.41, 5.74) is 2.33. The average molecular weight is 513 g/mol. The van der Waals surface area contributed by atoms with E-state index in [9.17, 15) is 14.4 Å². The Morgan fingerprint density at radius 3 is 2.28 bits per heavy atom. The molecule has 7 heteroatoms. The van der Waals surface area contributed by atoms with E-state index in [-0.39, 0.29) is 17.4 Å². The van der Waals surface area contributed by atoms with Crippen LogP contribution in [0.25, 0.3) is 12.2 Å². The summed E-state index contributed by atoms with van der Waals surface area (Å²) in [5.74, 6) is -1.05. The molecule has 2 amide bonds. The zero-order valence-electron chi connectivity index (χ0n) is 19.0. The molecule has 1 heterocycles. The fourth-order valence-corrected chi connectivity index (χ4v) is 4.11. The minimum absolute atomic E-state index is 0.107. The molecule has 0 saturated carbocycles. The Hall–Kier alpha value is -4.26. The molecule has 5 nitrogen and oxygen atoms in total. The van der Waals surface area contributed by atoms with Gasteiger partial charge >= 0.3 is 0 Å². The van der Waals surface area contributed by atoms with Gasteiger partial charge < -0.3 is 10.6 Å². The summed E-state index contributed by atoms with van der Waals surface area (Å²) in [6, 6.07) is 26.1. The largest absolute Gasteiger partial charge is 0.321 e. The third-order valence-corrected chi connectivity index (χ3v) is 6.12. The number of rotatable bonds is 8. The van der Waals surface area contributed by atoms with Crippen molar-refractivity contribution in [1.29, 1.82) is 0 Å². The molecule has 178 valence electrons. The van der Waals surface area contributed by atoms with E-state index in [0.717, 1.165) is 10.4 Å². The van der Waals surface area contributed by atoms with Crippen molar-refractivity contribution in [1.82, 2.24) is 5.32 Å². The molecule has 4 aromatic rings. The number of carbonyl (C=O) groups excluding carboxylic acids is 3. The zero-order chi connectivity index (χ0) is 25.3. The van der Waals surface area contributed by atoms with Crippen molar-refractivity contribution < 1.29 is 14.4 Å². The highest BCUT2D eigenvalue weighted by Crippen LogP contribution is 2.17. The summed E-state index contributed by atoms with van der Waals surface area (Å²) < 4.78 is 0. The molecule has 0 aliphatic carbocycles. The van der Waals surface area contributed by atoms with Crippen LogP contribution < -0.4 is 10.6 Å². The lowest BCUT2D eigenvalue weighted by atomic mass is 10.1. The van der Waals surface area contributed by atoms with Crippen LogP contribution >= 0.6 is 22.9 Å². The van der Waals surface area contributed by atoms with Crippen LogP contribution in [0.2, 0.25) is 5.02 Å². The van der Waals surface area contributed by atoms with E-state index in [1.54, 1.807) is 72.8 Å². The summed E-state index contributed by atoms with van der Waals surface area (Å²) in [7, 11) is 0. The second-order valence-electron chi connectivity index (χ2n) is 7.68. The van der Waals surface area contributed by atoms with Crippen molar-refractivity contribution in [2.75, 3.05) is 5.32 Å². The molecule has 0 radical (unpaired) electrons. The lowest BCUT2D eigenvalue weighted by molar-refractivity contribution is -0.113. The Labute approximate surface area is 217 Å². The molecule has 0 bridgehead atoms. The maximum absolute atomic E-state index is 13.0. The number of carbonyl (C=O) groups is 3. The number of benzene rings is 3. The number of anilines is 1. The summed E-state index contributed by atoms with van der Waals surface area (Å²) >= 11 is 7.42. The number of ketones is 1. The Morgan fingerprint density at radius 1 is 0.806 bits per heavy atom. The van der Waals surface area contributed by atoms with Crippen LogP contribution in [-0.2, 0) is 4.79 Å². The number of halogens is 1. The molecule has 3 aromatic carbocycles. The van der Waals surface area contributed by atoms with Gasteiger partial charge in [0, 0.05) is 26.7 Å². The topological polar surface area (TPSA) is 75.3 Å². The smallest absolute Gasteiger partial charge is 0.272 e. The number of thiophene rings is 1. The molecule has 0 fully saturated rings. The lowest BCUT2D eigenvalue weighted by Gasteiger charge is -2.11. The summed E-state index contributed by atoms with van der Waals surface area (Å²) in [6.07, 6.45) is 4.79. The first kappa shape index (κ1) is 24.9. The minimum Gasteiger partial charge on any atom is -0.321 e. The van der Waals surface area contributed by atoms with Gasteiger partial charge in [-0.25, -0.2) is 0 Å². The second kappa shape index (κ2) is 11.9. The van der Waals surface area contributed by atoms with Crippen LogP contribution in [0, 0.1) is 0 Å². The Balaban J connectivity index is 1.45. The SMILES string of the molecule is O=C(Nc1ccc(C(=O)/C=C/c2cccc(Cl)c2)cc1)/C(=C/c1cccs1)NC(=O)c1ccccc1. The third kappa shape index (κ3) is 6.88. The van der Waals surface area contributed by atoms with Crippen LogP contribution in [-0.4, -0.2) is 17.6 Å². The molecular formula is C29H21ClN2O3S. The van der Waals surface area contributed by atoms with Crippen LogP contribution in [0.15, 0.2) is 108 Å². The quantitative estimate of drug-likeness (QED) is 0.203. The van der Waals surface area contributed by atoms with E-state index in [0.29, 0.717) is 21.8 Å². The summed E-state index contributed by atoms with van der Waals surface area (Å²) in [5, 5.41) is 7.96. The fourth-order valence-electron chi connectivity index (χ4n) is 3.25. The van der Waals surface area contributed by atoms with Gasteiger partial charge in [0.2, 0.25) is 0 Å². The van der Waals surface area contributed by atoms with Gasteiger partial charge in [-0.05, 0) is 77.7 Å². The molecule has 1 aromatic heterocycles. The van der Waals surface area contributed by atoms with Crippen LogP contribution in [0.5, 0.6) is 0 Å². The fraction of sp³-hybridized carbons (Fsp3) is 0. The van der Waals surface area contributed by atoms with Crippen molar-refractivity contribution in [3.05, 3.63) is 135 Å². The van der Waals surface area contributed by atoms with E-state index in [2.05, 4.69) is 10.6 Å². The lowest BCUT2D eigenvalue weighted by Crippen LogP contribution is -2.30. The van der Waals surface area contributed by atoms with E-state index >= 15 is 0 Å². The first-order valence-electron chi connectivity index (χ1n) is 11.0. The monoisotopic (exact) mass is 512 g/mol. The highest BCUT2D eigenvalue weighted by atomic mass is 35.5. The minimum atomic E-state index is -0.479. The van der Waals surface area contributed by atoms with Gasteiger partial charge in [-0.3, -0.25) is 14.4 Å². The molecule has 0 aliphatic heterocycles. The Kier molecular flexibility index (Phi) is 8.24. The van der Waals surface area contributed by atoms with Crippen molar-refractivity contribution in [2.24, 2.45) is 0 Å². The Bertz CT molecular complexity index is 1430. The molecule has 0 saturated heterocycles. The Morgan fingerprint density at radius 2 is 1.58 bits per heavy atom. The zero-order valence-corrected chi connectivity index (χ0v) is 20.6. The second-order valence-corrected chi connectivity index (χ2v) is 9.09. The first-order valence-corrected chi connectivity index (χ1v) is 12.2. The third-order valence-electron chi connectivity index (χ3n) is 5.06.